The highest BCUT2D eigenvalue weighted by molar-refractivity contribution is 7.22. The molecule has 1 aromatic carbocycles. The Labute approximate surface area is 137 Å². The van der Waals surface area contributed by atoms with Crippen LogP contribution >= 0.6 is 22.9 Å². The van der Waals surface area contributed by atoms with Gasteiger partial charge in [0, 0.05) is 37.8 Å². The monoisotopic (exact) mass is 334 g/mol. The molecule has 7 heteroatoms. The fraction of sp³-hybridized carbons (Fsp3) is 0.333. The van der Waals surface area contributed by atoms with E-state index in [4.69, 9.17) is 21.3 Å². The number of methoxy groups -OCH3 is 1. The van der Waals surface area contributed by atoms with Gasteiger partial charge in [0.2, 0.25) is 0 Å². The molecule has 22 heavy (non-hydrogen) atoms. The van der Waals surface area contributed by atoms with E-state index in [0.29, 0.717) is 10.9 Å². The van der Waals surface area contributed by atoms with Gasteiger partial charge in [0.15, 0.2) is 5.13 Å². The van der Waals surface area contributed by atoms with Gasteiger partial charge in [-0.2, -0.15) is 5.10 Å². The van der Waals surface area contributed by atoms with Crippen molar-refractivity contribution >= 4 is 38.3 Å². The number of nitrogens with zero attached hydrogens (tertiary/aromatic N) is 4. The number of anilines is 1. The molecule has 0 spiro atoms. The van der Waals surface area contributed by atoms with Gasteiger partial charge in [-0.25, -0.2) is 4.98 Å². The van der Waals surface area contributed by atoms with E-state index in [2.05, 4.69) is 16.1 Å². The van der Waals surface area contributed by atoms with Crippen LogP contribution in [0, 0.1) is 5.92 Å². The molecule has 4 rings (SSSR count). The molecule has 1 fully saturated rings. The first-order valence-electron chi connectivity index (χ1n) is 7.09. The van der Waals surface area contributed by atoms with Crippen molar-refractivity contribution in [2.45, 2.75) is 6.54 Å². The summed E-state index contributed by atoms with van der Waals surface area (Å²) in [6.07, 6.45) is 3.55. The number of benzene rings is 1. The molecule has 0 atom stereocenters. The Balaban J connectivity index is 1.44. The maximum Gasteiger partial charge on any atom is 0.186 e. The van der Waals surface area contributed by atoms with E-state index < -0.39 is 0 Å². The van der Waals surface area contributed by atoms with Gasteiger partial charge in [-0.05, 0) is 12.1 Å². The number of halogens is 1. The third-order valence-corrected chi connectivity index (χ3v) is 5.15. The summed E-state index contributed by atoms with van der Waals surface area (Å²) in [4.78, 5) is 7.02. The predicted octanol–water partition coefficient (Wildman–Crippen LogP) is 3.29. The van der Waals surface area contributed by atoms with Gasteiger partial charge >= 0.3 is 0 Å². The topological polar surface area (TPSA) is 43.2 Å². The van der Waals surface area contributed by atoms with E-state index in [9.17, 15) is 0 Å². The summed E-state index contributed by atoms with van der Waals surface area (Å²) in [5.74, 6) is 1.44. The van der Waals surface area contributed by atoms with Crippen molar-refractivity contribution in [1.29, 1.82) is 0 Å². The van der Waals surface area contributed by atoms with Crippen molar-refractivity contribution in [2.75, 3.05) is 25.1 Å². The summed E-state index contributed by atoms with van der Waals surface area (Å²) in [5.41, 5.74) is 1.00. The fourth-order valence-corrected chi connectivity index (χ4v) is 3.82. The first kappa shape index (κ1) is 13.8. The van der Waals surface area contributed by atoms with Crippen molar-refractivity contribution in [3.05, 3.63) is 35.6 Å². The van der Waals surface area contributed by atoms with Crippen LogP contribution in [0.1, 0.15) is 0 Å². The van der Waals surface area contributed by atoms with Crippen LogP contribution in [0.5, 0.6) is 5.75 Å². The molecule has 0 saturated carbocycles. The average Bonchev–Trinajstić information content (AvgIpc) is 3.07. The molecule has 1 aliphatic heterocycles. The number of ether oxygens (including phenoxy) is 1. The number of thiazole rings is 1. The molecule has 2 aromatic heterocycles. The third kappa shape index (κ3) is 2.53. The minimum Gasteiger partial charge on any atom is -0.497 e. The molecule has 1 aliphatic rings. The van der Waals surface area contributed by atoms with Gasteiger partial charge < -0.3 is 9.64 Å². The van der Waals surface area contributed by atoms with Crippen molar-refractivity contribution in [3.8, 4) is 5.75 Å². The number of hydrogen-bond donors (Lipinski definition) is 0. The fourth-order valence-electron chi connectivity index (χ4n) is 2.70. The molecule has 0 bridgehead atoms. The highest BCUT2D eigenvalue weighted by atomic mass is 35.5. The lowest BCUT2D eigenvalue weighted by molar-refractivity contribution is 0.342. The van der Waals surface area contributed by atoms with Crippen LogP contribution in [0.15, 0.2) is 30.6 Å². The Bertz CT molecular complexity index is 809. The molecule has 114 valence electrons. The van der Waals surface area contributed by atoms with Gasteiger partial charge in [0.05, 0.1) is 28.5 Å². The summed E-state index contributed by atoms with van der Waals surface area (Å²) in [7, 11) is 1.68. The minimum absolute atomic E-state index is 0.595. The van der Waals surface area contributed by atoms with Crippen molar-refractivity contribution in [3.63, 3.8) is 0 Å². The van der Waals surface area contributed by atoms with E-state index >= 15 is 0 Å². The highest BCUT2D eigenvalue weighted by Gasteiger charge is 2.29. The lowest BCUT2D eigenvalue weighted by atomic mass is 10.0. The van der Waals surface area contributed by atoms with E-state index in [1.54, 1.807) is 24.6 Å². The predicted molar refractivity (Wildman–Crippen MR) is 89.1 cm³/mol. The van der Waals surface area contributed by atoms with Crippen LogP contribution in [0.2, 0.25) is 5.02 Å². The molecule has 0 aliphatic carbocycles. The first-order chi connectivity index (χ1) is 10.7. The van der Waals surface area contributed by atoms with Crippen molar-refractivity contribution in [2.24, 2.45) is 5.92 Å². The van der Waals surface area contributed by atoms with E-state index in [0.717, 1.165) is 36.0 Å². The Morgan fingerprint density at radius 1 is 1.41 bits per heavy atom. The molecular formula is C15H15ClN4OS. The quantitative estimate of drug-likeness (QED) is 0.734. The minimum atomic E-state index is 0.595. The normalized spacial score (nSPS) is 15.3. The zero-order valence-corrected chi connectivity index (χ0v) is 13.6. The molecule has 5 nitrogen and oxygen atoms in total. The van der Waals surface area contributed by atoms with Gasteiger partial charge in [0.1, 0.15) is 5.75 Å². The summed E-state index contributed by atoms with van der Waals surface area (Å²) >= 11 is 7.62. The number of hydrogen-bond acceptors (Lipinski definition) is 5. The maximum atomic E-state index is 5.89. The molecule has 3 aromatic rings. The van der Waals surface area contributed by atoms with Crippen LogP contribution in [-0.2, 0) is 6.54 Å². The standard InChI is InChI=1S/C15H15ClN4OS/c1-21-12-2-3-14-13(4-12)18-15(22-14)19-6-10(7-19)8-20-9-11(16)5-17-20/h2-5,9-10H,6-8H2,1H3. The molecule has 0 radical (unpaired) electrons. The number of aromatic nitrogens is 3. The second-order valence-electron chi connectivity index (χ2n) is 5.48. The molecule has 1 saturated heterocycles. The van der Waals surface area contributed by atoms with E-state index in [1.807, 2.05) is 23.0 Å². The summed E-state index contributed by atoms with van der Waals surface area (Å²) < 4.78 is 8.35. The smallest absolute Gasteiger partial charge is 0.186 e. The first-order valence-corrected chi connectivity index (χ1v) is 8.28. The molecule has 3 heterocycles. The SMILES string of the molecule is COc1ccc2sc(N3CC(Cn4cc(Cl)cn4)C3)nc2c1. The summed E-state index contributed by atoms with van der Waals surface area (Å²) in [6, 6.07) is 6.03. The summed E-state index contributed by atoms with van der Waals surface area (Å²) in [5, 5.41) is 6.00. The van der Waals surface area contributed by atoms with Crippen molar-refractivity contribution < 1.29 is 4.74 Å². The van der Waals surface area contributed by atoms with Crippen LogP contribution in [0.25, 0.3) is 10.2 Å². The molecule has 0 N–H and O–H groups in total. The third-order valence-electron chi connectivity index (χ3n) is 3.86. The molecule has 0 amide bonds. The maximum absolute atomic E-state index is 5.89. The molecular weight excluding hydrogens is 320 g/mol. The van der Waals surface area contributed by atoms with Crippen molar-refractivity contribution in [1.82, 2.24) is 14.8 Å². The Morgan fingerprint density at radius 2 is 2.27 bits per heavy atom. The van der Waals surface area contributed by atoms with Crippen LogP contribution < -0.4 is 9.64 Å². The Hall–Kier alpha value is -1.79. The zero-order chi connectivity index (χ0) is 15.1. The highest BCUT2D eigenvalue weighted by Crippen LogP contribution is 2.34. The number of rotatable bonds is 4. The van der Waals surface area contributed by atoms with E-state index in [-0.39, 0.29) is 0 Å². The van der Waals surface area contributed by atoms with Gasteiger partial charge in [-0.3, -0.25) is 4.68 Å². The molecule has 0 unspecified atom stereocenters. The summed E-state index contributed by atoms with van der Waals surface area (Å²) in [6.45, 7) is 2.92. The lowest BCUT2D eigenvalue weighted by Crippen LogP contribution is -2.48. The Morgan fingerprint density at radius 3 is 3.00 bits per heavy atom. The van der Waals surface area contributed by atoms with E-state index in [1.165, 1.54) is 4.70 Å². The number of fused-ring (bicyclic) bond motifs is 1. The second kappa shape index (κ2) is 5.44. The van der Waals surface area contributed by atoms with Gasteiger partial charge in [-0.1, -0.05) is 22.9 Å². The average molecular weight is 335 g/mol. The van der Waals surface area contributed by atoms with Gasteiger partial charge in [0.25, 0.3) is 0 Å². The van der Waals surface area contributed by atoms with Crippen LogP contribution in [0.4, 0.5) is 5.13 Å². The Kier molecular flexibility index (Phi) is 3.43. The lowest BCUT2D eigenvalue weighted by Gasteiger charge is -2.39. The van der Waals surface area contributed by atoms with Gasteiger partial charge in [-0.15, -0.1) is 0 Å². The zero-order valence-electron chi connectivity index (χ0n) is 12.1. The largest absolute Gasteiger partial charge is 0.497 e. The second-order valence-corrected chi connectivity index (χ2v) is 6.93. The van der Waals surface area contributed by atoms with Crippen LogP contribution in [0.3, 0.4) is 0 Å². The van der Waals surface area contributed by atoms with Crippen LogP contribution in [-0.4, -0.2) is 35.0 Å².